The molecule has 1 saturated heterocycles. The molecule has 1 N–H and O–H groups in total. The quantitative estimate of drug-likeness (QED) is 0.612. The maximum absolute atomic E-state index is 13.2. The highest BCUT2D eigenvalue weighted by Crippen LogP contribution is 2.38. The van der Waals surface area contributed by atoms with E-state index in [2.05, 4.69) is 29.3 Å². The van der Waals surface area contributed by atoms with Crippen LogP contribution < -0.4 is 14.8 Å². The van der Waals surface area contributed by atoms with Crippen LogP contribution in [0.2, 0.25) is 0 Å². The predicted octanol–water partition coefficient (Wildman–Crippen LogP) is 3.56. The second kappa shape index (κ2) is 7.37. The molecule has 32 heavy (non-hydrogen) atoms. The Labute approximate surface area is 184 Å². The Kier molecular flexibility index (Phi) is 4.61. The van der Waals surface area contributed by atoms with Crippen molar-refractivity contribution in [2.24, 2.45) is 0 Å². The van der Waals surface area contributed by atoms with Gasteiger partial charge in [0.2, 0.25) is 18.5 Å². The van der Waals surface area contributed by atoms with Crippen LogP contribution in [0.5, 0.6) is 11.5 Å². The molecule has 0 bridgehead atoms. The van der Waals surface area contributed by atoms with Gasteiger partial charge >= 0.3 is 6.03 Å². The van der Waals surface area contributed by atoms with Crippen LogP contribution in [0.1, 0.15) is 43.7 Å². The van der Waals surface area contributed by atoms with Gasteiger partial charge in [0.05, 0.1) is 0 Å². The summed E-state index contributed by atoms with van der Waals surface area (Å²) in [7, 11) is 0. The number of hydrogen-bond acceptors (Lipinski definition) is 7. The first-order valence-electron chi connectivity index (χ1n) is 10.3. The first kappa shape index (κ1) is 20.0. The van der Waals surface area contributed by atoms with Crippen LogP contribution in [-0.2, 0) is 16.9 Å². The van der Waals surface area contributed by atoms with E-state index in [1.807, 2.05) is 24.3 Å². The Morgan fingerprint density at radius 1 is 1.09 bits per heavy atom. The Morgan fingerprint density at radius 3 is 2.59 bits per heavy atom. The van der Waals surface area contributed by atoms with Gasteiger partial charge in [0.15, 0.2) is 11.5 Å². The largest absolute Gasteiger partial charge is 0.454 e. The number of nitrogens with zero attached hydrogens (tertiary/aromatic N) is 3. The number of urea groups is 1. The van der Waals surface area contributed by atoms with Crippen LogP contribution in [0.25, 0.3) is 11.4 Å². The number of amides is 3. The lowest BCUT2D eigenvalue weighted by Crippen LogP contribution is -2.40. The lowest BCUT2D eigenvalue weighted by Gasteiger charge is -2.22. The van der Waals surface area contributed by atoms with Crippen molar-refractivity contribution in [2.45, 2.75) is 38.8 Å². The van der Waals surface area contributed by atoms with Crippen molar-refractivity contribution in [3.8, 4) is 22.9 Å². The second-order valence-electron chi connectivity index (χ2n) is 8.30. The highest BCUT2D eigenvalue weighted by atomic mass is 16.7. The fourth-order valence-electron chi connectivity index (χ4n) is 3.83. The fraction of sp³-hybridized carbons (Fsp3) is 0.304. The average Bonchev–Trinajstić information content (AvgIpc) is 3.49. The van der Waals surface area contributed by atoms with Crippen molar-refractivity contribution < 1.29 is 23.6 Å². The smallest absolute Gasteiger partial charge is 0.325 e. The summed E-state index contributed by atoms with van der Waals surface area (Å²) in [5.74, 6) is 1.72. The third kappa shape index (κ3) is 3.26. The summed E-state index contributed by atoms with van der Waals surface area (Å²) >= 11 is 0. The molecule has 1 aromatic heterocycles. The van der Waals surface area contributed by atoms with E-state index >= 15 is 0 Å². The number of nitrogens with one attached hydrogen (secondary N) is 1. The Hall–Kier alpha value is -3.88. The van der Waals surface area contributed by atoms with Crippen LogP contribution in [0.3, 0.4) is 0 Å². The van der Waals surface area contributed by atoms with Crippen LogP contribution in [0.15, 0.2) is 47.0 Å². The third-order valence-corrected chi connectivity index (χ3v) is 5.82. The third-order valence-electron chi connectivity index (χ3n) is 5.82. The van der Waals surface area contributed by atoms with Crippen molar-refractivity contribution >= 4 is 11.9 Å². The Bertz CT molecular complexity index is 1200. The van der Waals surface area contributed by atoms with E-state index in [4.69, 9.17) is 14.0 Å². The highest BCUT2D eigenvalue weighted by molar-refractivity contribution is 6.07. The first-order valence-corrected chi connectivity index (χ1v) is 10.3. The molecule has 5 rings (SSSR count). The topological polar surface area (TPSA) is 107 Å². The molecule has 2 aliphatic heterocycles. The summed E-state index contributed by atoms with van der Waals surface area (Å²) in [6.45, 7) is 5.90. The molecule has 0 spiro atoms. The molecule has 1 fully saturated rings. The van der Waals surface area contributed by atoms with Crippen molar-refractivity contribution in [3.63, 3.8) is 0 Å². The normalized spacial score (nSPS) is 19.7. The number of hydrogen-bond donors (Lipinski definition) is 1. The standard InChI is InChI=1S/C23H22N4O5/c1-13(2)14-4-6-15(7-5-14)20-24-19(32-26-20)11-27-21(28)23(3,25-22(27)29)16-8-9-17-18(10-16)31-12-30-17/h4-10,13H,11-12H2,1-3H3,(H,25,29)/t23-/m0/s1. The van der Waals surface area contributed by atoms with Crippen molar-refractivity contribution in [1.82, 2.24) is 20.4 Å². The van der Waals surface area contributed by atoms with Gasteiger partial charge in [-0.05, 0) is 36.1 Å². The van der Waals surface area contributed by atoms with Gasteiger partial charge in [0.1, 0.15) is 12.1 Å². The average molecular weight is 434 g/mol. The molecule has 0 radical (unpaired) electrons. The molecule has 164 valence electrons. The Balaban J connectivity index is 1.35. The Morgan fingerprint density at radius 2 is 1.84 bits per heavy atom. The molecular formula is C23H22N4O5. The number of carbonyl (C=O) groups excluding carboxylic acids is 2. The number of fused-ring (bicyclic) bond motifs is 1. The van der Waals surface area contributed by atoms with Crippen LogP contribution >= 0.6 is 0 Å². The minimum atomic E-state index is -1.24. The van der Waals surface area contributed by atoms with Crippen LogP contribution in [0, 0.1) is 0 Å². The van der Waals surface area contributed by atoms with E-state index in [9.17, 15) is 9.59 Å². The SMILES string of the molecule is CC(C)c1ccc(-c2noc(CN3C(=O)N[C@@](C)(c4ccc5c(c4)OCO5)C3=O)n2)cc1. The van der Waals surface area contributed by atoms with Crippen molar-refractivity contribution in [1.29, 1.82) is 0 Å². The number of carbonyl (C=O) groups is 2. The summed E-state index contributed by atoms with van der Waals surface area (Å²) in [6.07, 6.45) is 0. The van der Waals surface area contributed by atoms with E-state index in [1.165, 1.54) is 5.56 Å². The highest BCUT2D eigenvalue weighted by Gasteiger charge is 2.49. The number of ether oxygens (including phenoxy) is 2. The van der Waals surface area contributed by atoms with Gasteiger partial charge < -0.3 is 19.3 Å². The van der Waals surface area contributed by atoms with Gasteiger partial charge in [-0.25, -0.2) is 4.79 Å². The molecule has 3 amide bonds. The second-order valence-corrected chi connectivity index (χ2v) is 8.30. The molecule has 3 heterocycles. The van der Waals surface area contributed by atoms with E-state index in [-0.39, 0.29) is 19.2 Å². The zero-order valence-corrected chi connectivity index (χ0v) is 17.9. The van der Waals surface area contributed by atoms with E-state index < -0.39 is 17.5 Å². The molecule has 9 heteroatoms. The number of benzene rings is 2. The van der Waals surface area contributed by atoms with Gasteiger partial charge in [0, 0.05) is 5.56 Å². The van der Waals surface area contributed by atoms with Crippen LogP contribution in [0.4, 0.5) is 4.79 Å². The molecule has 9 nitrogen and oxygen atoms in total. The first-order chi connectivity index (χ1) is 15.3. The number of aromatic nitrogens is 2. The summed E-state index contributed by atoms with van der Waals surface area (Å²) in [4.78, 5) is 31.3. The monoisotopic (exact) mass is 434 g/mol. The molecule has 1 atom stereocenters. The van der Waals surface area contributed by atoms with Gasteiger partial charge in [-0.3, -0.25) is 9.69 Å². The molecule has 0 aliphatic carbocycles. The predicted molar refractivity (Wildman–Crippen MR) is 113 cm³/mol. The van der Waals surface area contributed by atoms with E-state index in [0.717, 1.165) is 10.5 Å². The van der Waals surface area contributed by atoms with Crippen molar-refractivity contribution in [2.75, 3.05) is 6.79 Å². The van der Waals surface area contributed by atoms with Crippen LogP contribution in [-0.4, -0.2) is 33.8 Å². The minimum Gasteiger partial charge on any atom is -0.454 e. The van der Waals surface area contributed by atoms with Gasteiger partial charge in [-0.1, -0.05) is 49.3 Å². The van der Waals surface area contributed by atoms with Gasteiger partial charge in [-0.2, -0.15) is 4.98 Å². The minimum absolute atomic E-state index is 0.123. The summed E-state index contributed by atoms with van der Waals surface area (Å²) in [5.41, 5.74) is 1.36. The lowest BCUT2D eigenvalue weighted by molar-refractivity contribution is -0.131. The maximum Gasteiger partial charge on any atom is 0.325 e. The lowest BCUT2D eigenvalue weighted by atomic mass is 9.91. The summed E-state index contributed by atoms with van der Waals surface area (Å²) < 4.78 is 16.0. The molecule has 0 unspecified atom stereocenters. The molecule has 2 aromatic carbocycles. The molecular weight excluding hydrogens is 412 g/mol. The maximum atomic E-state index is 13.2. The zero-order chi connectivity index (χ0) is 22.5. The number of imide groups is 1. The molecule has 0 saturated carbocycles. The number of rotatable bonds is 5. The van der Waals surface area contributed by atoms with Crippen molar-refractivity contribution in [3.05, 3.63) is 59.5 Å². The fourth-order valence-corrected chi connectivity index (χ4v) is 3.83. The zero-order valence-electron chi connectivity index (χ0n) is 17.9. The summed E-state index contributed by atoms with van der Waals surface area (Å²) in [5, 5.41) is 6.77. The van der Waals surface area contributed by atoms with Gasteiger partial charge in [0.25, 0.3) is 5.91 Å². The molecule has 3 aromatic rings. The van der Waals surface area contributed by atoms with E-state index in [1.54, 1.807) is 25.1 Å². The molecule has 2 aliphatic rings. The summed E-state index contributed by atoms with van der Waals surface area (Å²) in [6, 6.07) is 12.5. The van der Waals surface area contributed by atoms with Gasteiger partial charge in [-0.15, -0.1) is 0 Å². The van der Waals surface area contributed by atoms with E-state index in [0.29, 0.717) is 28.8 Å².